The third-order valence-electron chi connectivity index (χ3n) is 7.50. The topological polar surface area (TPSA) is 151 Å². The summed E-state index contributed by atoms with van der Waals surface area (Å²) in [6.07, 6.45) is -3.40. The second-order valence-electron chi connectivity index (χ2n) is 11.3. The number of hydrogen-bond donors (Lipinski definition) is 4. The van der Waals surface area contributed by atoms with Crippen molar-refractivity contribution in [2.24, 2.45) is 5.73 Å². The van der Waals surface area contributed by atoms with Crippen LogP contribution < -0.4 is 16.7 Å². The van der Waals surface area contributed by atoms with Crippen molar-refractivity contribution in [3.8, 4) is 0 Å². The lowest BCUT2D eigenvalue weighted by molar-refractivity contribution is -0.192. The van der Waals surface area contributed by atoms with Crippen molar-refractivity contribution in [3.05, 3.63) is 82.8 Å². The van der Waals surface area contributed by atoms with Crippen LogP contribution in [0.15, 0.2) is 71.5 Å². The average molecular weight is 614 g/mol. The summed E-state index contributed by atoms with van der Waals surface area (Å²) < 4.78 is 33.5. The number of piperidine rings is 1. The van der Waals surface area contributed by atoms with Crippen molar-refractivity contribution >= 4 is 39.6 Å². The minimum Gasteiger partial charge on any atom is -0.475 e. The molecule has 1 aliphatic rings. The summed E-state index contributed by atoms with van der Waals surface area (Å²) in [4.78, 5) is 52.9. The van der Waals surface area contributed by atoms with Crippen molar-refractivity contribution in [2.45, 2.75) is 56.9 Å². The van der Waals surface area contributed by atoms with Crippen LogP contribution in [-0.4, -0.2) is 68.2 Å². The van der Waals surface area contributed by atoms with E-state index < -0.39 is 23.7 Å². The molecule has 5 rings (SSSR count). The van der Waals surface area contributed by atoms with Crippen molar-refractivity contribution in [2.75, 3.05) is 13.1 Å². The lowest BCUT2D eigenvalue weighted by Crippen LogP contribution is -2.57. The third kappa shape index (κ3) is 7.46. The minimum absolute atomic E-state index is 0.00165. The number of aliphatic carboxylic acids is 1. The molecule has 0 unspecified atom stereocenters. The highest BCUT2D eigenvalue weighted by Gasteiger charge is 2.38. The number of amides is 2. The van der Waals surface area contributed by atoms with Gasteiger partial charge in [0.15, 0.2) is 0 Å². The number of carboxylic acid groups (broad SMARTS) is 1. The number of carboxylic acids is 1. The number of benzene rings is 3. The quantitative estimate of drug-likeness (QED) is 0.260. The van der Waals surface area contributed by atoms with Gasteiger partial charge in [-0.3, -0.25) is 14.2 Å². The van der Waals surface area contributed by atoms with Crippen molar-refractivity contribution < 1.29 is 32.7 Å². The average Bonchev–Trinajstić information content (AvgIpc) is 3.31. The molecule has 13 heteroatoms. The molecule has 1 saturated heterocycles. The van der Waals surface area contributed by atoms with Gasteiger partial charge in [0.05, 0.1) is 16.6 Å². The number of para-hydroxylation sites is 2. The Morgan fingerprint density at radius 3 is 2.23 bits per heavy atom. The summed E-state index contributed by atoms with van der Waals surface area (Å²) in [5, 5.41) is 12.2. The van der Waals surface area contributed by atoms with Crippen LogP contribution in [0.2, 0.25) is 0 Å². The van der Waals surface area contributed by atoms with Gasteiger partial charge in [0.2, 0.25) is 11.8 Å². The standard InChI is InChI=1S/C29H33N5O3.C2HF3O2/c1-29(2,30)27(36)31-24(18-20-10-7-9-19-8-3-4-11-22(19)20)26(35)33-16-14-21(15-17-33)34-25-13-6-5-12-23(25)32-28(34)37;3-2(4,5)1(6)7/h3-13,21,24H,14-18,30H2,1-2H3,(H,31,36)(H,32,37);(H,6,7)/t24-;/m1./s1. The van der Waals surface area contributed by atoms with E-state index in [2.05, 4.69) is 10.3 Å². The molecule has 2 amide bonds. The summed E-state index contributed by atoms with van der Waals surface area (Å²) in [6.45, 7) is 4.27. The number of carbonyl (C=O) groups is 3. The van der Waals surface area contributed by atoms with Gasteiger partial charge in [-0.1, -0.05) is 54.6 Å². The van der Waals surface area contributed by atoms with Gasteiger partial charge in [-0.2, -0.15) is 13.2 Å². The Balaban J connectivity index is 0.000000566. The number of likely N-dealkylation sites (tertiary alicyclic amines) is 1. The molecule has 1 fully saturated rings. The number of aromatic nitrogens is 2. The fourth-order valence-electron chi connectivity index (χ4n) is 5.24. The summed E-state index contributed by atoms with van der Waals surface area (Å²) in [7, 11) is 0. The molecule has 10 nitrogen and oxygen atoms in total. The molecule has 0 bridgehead atoms. The van der Waals surface area contributed by atoms with E-state index in [0.29, 0.717) is 32.4 Å². The van der Waals surface area contributed by atoms with Gasteiger partial charge < -0.3 is 26.0 Å². The molecule has 1 aliphatic heterocycles. The maximum Gasteiger partial charge on any atom is 0.490 e. The molecule has 0 radical (unpaired) electrons. The predicted octanol–water partition coefficient (Wildman–Crippen LogP) is 3.74. The number of imidazole rings is 1. The SMILES string of the molecule is CC(C)(N)C(=O)N[C@H](Cc1cccc2ccccc12)C(=O)N1CCC(n2c(=O)[nH]c3ccccc32)CC1.O=C(O)C(F)(F)F. The lowest BCUT2D eigenvalue weighted by atomic mass is 9.96. The molecule has 2 heterocycles. The molecule has 0 saturated carbocycles. The number of halogens is 3. The van der Waals surface area contributed by atoms with Gasteiger partial charge in [0.25, 0.3) is 0 Å². The van der Waals surface area contributed by atoms with Crippen LogP contribution in [0.4, 0.5) is 13.2 Å². The van der Waals surface area contributed by atoms with Crippen molar-refractivity contribution in [1.29, 1.82) is 0 Å². The molecule has 3 aromatic carbocycles. The van der Waals surface area contributed by atoms with E-state index in [1.807, 2.05) is 71.3 Å². The number of fused-ring (bicyclic) bond motifs is 2. The Bertz CT molecular complexity index is 1710. The molecular formula is C31H34F3N5O5. The van der Waals surface area contributed by atoms with Gasteiger partial charge in [0, 0.05) is 25.6 Å². The fraction of sp³-hybridized carbons (Fsp3) is 0.355. The van der Waals surface area contributed by atoms with Crippen LogP contribution in [0.25, 0.3) is 21.8 Å². The first-order valence-corrected chi connectivity index (χ1v) is 14.0. The van der Waals surface area contributed by atoms with Crippen LogP contribution in [0, 0.1) is 0 Å². The van der Waals surface area contributed by atoms with Crippen LogP contribution >= 0.6 is 0 Å². The number of nitrogens with two attached hydrogens (primary N) is 1. The zero-order valence-electron chi connectivity index (χ0n) is 24.2. The predicted molar refractivity (Wildman–Crippen MR) is 159 cm³/mol. The van der Waals surface area contributed by atoms with Crippen LogP contribution in [0.1, 0.15) is 38.3 Å². The molecule has 1 atom stereocenters. The number of hydrogen-bond acceptors (Lipinski definition) is 5. The smallest absolute Gasteiger partial charge is 0.475 e. The lowest BCUT2D eigenvalue weighted by Gasteiger charge is -2.35. The Morgan fingerprint density at radius 1 is 1.00 bits per heavy atom. The number of H-pyrrole nitrogens is 1. The van der Waals surface area contributed by atoms with Gasteiger partial charge in [-0.05, 0) is 55.2 Å². The normalized spacial score (nSPS) is 15.0. The van der Waals surface area contributed by atoms with Gasteiger partial charge in [-0.15, -0.1) is 0 Å². The molecule has 4 aromatic rings. The fourth-order valence-corrected chi connectivity index (χ4v) is 5.24. The highest BCUT2D eigenvalue weighted by atomic mass is 19.4. The van der Waals surface area contributed by atoms with E-state index in [4.69, 9.17) is 15.6 Å². The first kappa shape index (κ1) is 32.3. The van der Waals surface area contributed by atoms with E-state index in [1.165, 1.54) is 0 Å². The van der Waals surface area contributed by atoms with Crippen molar-refractivity contribution in [1.82, 2.24) is 19.8 Å². The van der Waals surface area contributed by atoms with Gasteiger partial charge in [-0.25, -0.2) is 9.59 Å². The van der Waals surface area contributed by atoms with E-state index >= 15 is 0 Å². The summed E-state index contributed by atoms with van der Waals surface area (Å²) in [5.74, 6) is -3.26. The Kier molecular flexibility index (Phi) is 9.47. The molecule has 44 heavy (non-hydrogen) atoms. The summed E-state index contributed by atoms with van der Waals surface area (Å²) in [5.41, 5.74) is 7.50. The molecule has 5 N–H and O–H groups in total. The number of alkyl halides is 3. The number of aromatic amines is 1. The second-order valence-corrected chi connectivity index (χ2v) is 11.3. The number of nitrogens with one attached hydrogen (secondary N) is 2. The number of carbonyl (C=O) groups excluding carboxylic acids is 2. The first-order chi connectivity index (χ1) is 20.7. The second kappa shape index (κ2) is 12.9. The van der Waals surface area contributed by atoms with Gasteiger partial charge in [0.1, 0.15) is 6.04 Å². The summed E-state index contributed by atoms with van der Waals surface area (Å²) >= 11 is 0. The highest BCUT2D eigenvalue weighted by molar-refractivity contribution is 5.93. The molecule has 0 spiro atoms. The zero-order valence-corrected chi connectivity index (χ0v) is 24.2. The number of nitrogens with zero attached hydrogens (tertiary/aromatic N) is 2. The van der Waals surface area contributed by atoms with Gasteiger partial charge >= 0.3 is 17.8 Å². The Hall–Kier alpha value is -4.65. The summed E-state index contributed by atoms with van der Waals surface area (Å²) in [6, 6.07) is 20.9. The van der Waals surface area contributed by atoms with E-state index in [0.717, 1.165) is 27.4 Å². The highest BCUT2D eigenvalue weighted by Crippen LogP contribution is 2.26. The Morgan fingerprint density at radius 2 is 1.59 bits per heavy atom. The third-order valence-corrected chi connectivity index (χ3v) is 7.50. The number of rotatable bonds is 6. The van der Waals surface area contributed by atoms with E-state index in [9.17, 15) is 27.6 Å². The molecule has 1 aromatic heterocycles. The maximum absolute atomic E-state index is 13.8. The van der Waals surface area contributed by atoms with E-state index in [-0.39, 0.29) is 23.5 Å². The van der Waals surface area contributed by atoms with E-state index in [1.54, 1.807) is 18.7 Å². The largest absolute Gasteiger partial charge is 0.490 e. The molecule has 0 aliphatic carbocycles. The first-order valence-electron chi connectivity index (χ1n) is 14.0. The maximum atomic E-state index is 13.8. The van der Waals surface area contributed by atoms with Crippen LogP contribution in [-0.2, 0) is 20.8 Å². The molecular weight excluding hydrogens is 579 g/mol. The van der Waals surface area contributed by atoms with Crippen molar-refractivity contribution in [3.63, 3.8) is 0 Å². The monoisotopic (exact) mass is 613 g/mol. The zero-order chi connectivity index (χ0) is 32.2. The van der Waals surface area contributed by atoms with Crippen LogP contribution in [0.5, 0.6) is 0 Å². The molecule has 234 valence electrons. The van der Waals surface area contributed by atoms with Crippen LogP contribution in [0.3, 0.4) is 0 Å². The minimum atomic E-state index is -5.08. The Labute approximate surface area is 250 Å².